The van der Waals surface area contributed by atoms with E-state index in [1.165, 1.54) is 31.2 Å². The van der Waals surface area contributed by atoms with Gasteiger partial charge in [0.1, 0.15) is 6.04 Å². The lowest BCUT2D eigenvalue weighted by atomic mass is 9.85. The molecule has 9 nitrogen and oxygen atoms in total. The van der Waals surface area contributed by atoms with E-state index in [1.54, 1.807) is 6.92 Å². The third-order valence-electron chi connectivity index (χ3n) is 6.26. The molecule has 1 aliphatic heterocycles. The molecule has 9 heteroatoms. The summed E-state index contributed by atoms with van der Waals surface area (Å²) >= 11 is 0. The van der Waals surface area contributed by atoms with Gasteiger partial charge in [-0.1, -0.05) is 12.2 Å². The van der Waals surface area contributed by atoms with Crippen LogP contribution in [0.1, 0.15) is 30.6 Å². The van der Waals surface area contributed by atoms with Crippen molar-refractivity contribution >= 4 is 35.3 Å². The molecule has 3 amide bonds. The maximum Gasteiger partial charge on any atom is 0.338 e. The Morgan fingerprint density at radius 1 is 1.03 bits per heavy atom. The maximum atomic E-state index is 12.8. The quantitative estimate of drug-likeness (QED) is 0.388. The van der Waals surface area contributed by atoms with Crippen LogP contribution in [-0.2, 0) is 28.7 Å². The first-order valence-corrected chi connectivity index (χ1v) is 10.6. The van der Waals surface area contributed by atoms with Crippen molar-refractivity contribution in [2.45, 2.75) is 26.3 Å². The number of likely N-dealkylation sites (tertiary alicyclic amines) is 1. The molecule has 0 spiro atoms. The van der Waals surface area contributed by atoms with Gasteiger partial charge in [-0.2, -0.15) is 0 Å². The lowest BCUT2D eigenvalue weighted by molar-refractivity contribution is -0.159. The average molecular weight is 440 g/mol. The van der Waals surface area contributed by atoms with Gasteiger partial charge in [-0.05, 0) is 56.4 Å². The van der Waals surface area contributed by atoms with Crippen LogP contribution in [0.4, 0.5) is 5.69 Å². The second kappa shape index (κ2) is 8.57. The summed E-state index contributed by atoms with van der Waals surface area (Å²) in [4.78, 5) is 62.8. The van der Waals surface area contributed by atoms with E-state index in [0.29, 0.717) is 11.3 Å². The van der Waals surface area contributed by atoms with Gasteiger partial charge in [-0.15, -0.1) is 0 Å². The number of fused-ring (bicyclic) bond motifs is 5. The highest BCUT2D eigenvalue weighted by atomic mass is 16.5. The number of ether oxygens (including phenoxy) is 2. The van der Waals surface area contributed by atoms with E-state index in [2.05, 4.69) is 5.32 Å². The number of benzene rings is 1. The Morgan fingerprint density at radius 2 is 1.62 bits per heavy atom. The van der Waals surface area contributed by atoms with Crippen LogP contribution >= 0.6 is 0 Å². The minimum absolute atomic E-state index is 0.0515. The Bertz CT molecular complexity index is 970. The number of hydrogen-bond acceptors (Lipinski definition) is 7. The van der Waals surface area contributed by atoms with Crippen molar-refractivity contribution in [2.75, 3.05) is 18.5 Å². The van der Waals surface area contributed by atoms with E-state index in [9.17, 15) is 24.0 Å². The SMILES string of the molecule is CCOC(=O)c1ccc(NC(=O)COC(=O)[C@H](C)N2C(=O)[C@@H]3[C@H](C2=O)[C@H]2C=C[C@H]3C2)cc1. The lowest BCUT2D eigenvalue weighted by Gasteiger charge is -2.23. The summed E-state index contributed by atoms with van der Waals surface area (Å²) in [7, 11) is 0. The van der Waals surface area contributed by atoms with Crippen LogP contribution in [0.5, 0.6) is 0 Å². The molecule has 2 bridgehead atoms. The molecule has 5 atom stereocenters. The molecule has 168 valence electrons. The largest absolute Gasteiger partial charge is 0.462 e. The zero-order chi connectivity index (χ0) is 23.0. The number of amides is 3. The Labute approximate surface area is 184 Å². The van der Waals surface area contributed by atoms with Crippen LogP contribution in [0.3, 0.4) is 0 Å². The van der Waals surface area contributed by atoms with Crippen LogP contribution in [0.2, 0.25) is 0 Å². The molecule has 1 N–H and O–H groups in total. The van der Waals surface area contributed by atoms with Crippen molar-refractivity contribution in [1.82, 2.24) is 4.90 Å². The molecule has 32 heavy (non-hydrogen) atoms. The van der Waals surface area contributed by atoms with Crippen molar-refractivity contribution in [1.29, 1.82) is 0 Å². The number of hydrogen-bond donors (Lipinski definition) is 1. The zero-order valence-electron chi connectivity index (χ0n) is 17.8. The van der Waals surface area contributed by atoms with Crippen molar-refractivity contribution in [3.8, 4) is 0 Å². The molecular formula is C23H24N2O7. The smallest absolute Gasteiger partial charge is 0.338 e. The molecule has 1 aromatic rings. The van der Waals surface area contributed by atoms with Crippen molar-refractivity contribution in [3.63, 3.8) is 0 Å². The molecule has 0 radical (unpaired) electrons. The van der Waals surface area contributed by atoms with Gasteiger partial charge in [0.25, 0.3) is 5.91 Å². The Kier molecular flexibility index (Phi) is 5.82. The normalized spacial score (nSPS) is 26.1. The van der Waals surface area contributed by atoms with Crippen LogP contribution in [0.25, 0.3) is 0 Å². The Balaban J connectivity index is 1.29. The predicted octanol–water partition coefficient (Wildman–Crippen LogP) is 1.54. The number of carbonyl (C=O) groups is 5. The molecule has 0 unspecified atom stereocenters. The first-order valence-electron chi connectivity index (χ1n) is 10.6. The Morgan fingerprint density at radius 3 is 2.19 bits per heavy atom. The minimum atomic E-state index is -1.10. The molecule has 0 aromatic heterocycles. The molecule has 1 heterocycles. The molecule has 2 aliphatic carbocycles. The third-order valence-corrected chi connectivity index (χ3v) is 6.26. The second-order valence-corrected chi connectivity index (χ2v) is 8.18. The molecule has 1 saturated heterocycles. The number of imide groups is 1. The highest BCUT2D eigenvalue weighted by Crippen LogP contribution is 2.52. The number of esters is 2. The fraction of sp³-hybridized carbons (Fsp3) is 0.435. The average Bonchev–Trinajstić information content (AvgIpc) is 3.46. The Hall–Kier alpha value is -3.49. The molecule has 2 fully saturated rings. The van der Waals surface area contributed by atoms with Gasteiger partial charge in [0.15, 0.2) is 6.61 Å². The van der Waals surface area contributed by atoms with E-state index in [1.807, 2.05) is 12.2 Å². The van der Waals surface area contributed by atoms with E-state index < -0.39 is 42.3 Å². The summed E-state index contributed by atoms with van der Waals surface area (Å²) in [5, 5.41) is 2.55. The van der Waals surface area contributed by atoms with E-state index in [-0.39, 0.29) is 30.3 Å². The van der Waals surface area contributed by atoms with Gasteiger partial charge in [-0.25, -0.2) is 9.59 Å². The standard InChI is InChI=1S/C23H24N2O7/c1-3-31-23(30)13-6-8-16(9-7-13)24-17(26)11-32-22(29)12(2)25-20(27)18-14-4-5-15(10-14)19(18)21(25)28/h4-9,12,14-15,18-19H,3,10-11H2,1-2H3,(H,24,26)/t12-,14-,15-,18-,19+/m0/s1. The third kappa shape index (κ3) is 3.79. The van der Waals surface area contributed by atoms with Crippen molar-refractivity contribution in [3.05, 3.63) is 42.0 Å². The van der Waals surface area contributed by atoms with Crippen molar-refractivity contribution in [2.24, 2.45) is 23.7 Å². The highest BCUT2D eigenvalue weighted by molar-refractivity contribution is 6.09. The molecule has 1 saturated carbocycles. The number of nitrogens with zero attached hydrogens (tertiary/aromatic N) is 1. The summed E-state index contributed by atoms with van der Waals surface area (Å²) in [5.74, 6) is -3.24. The number of rotatable bonds is 7. The minimum Gasteiger partial charge on any atom is -0.462 e. The van der Waals surface area contributed by atoms with Gasteiger partial charge >= 0.3 is 11.9 Å². The summed E-state index contributed by atoms with van der Waals surface area (Å²) in [6.45, 7) is 2.82. The summed E-state index contributed by atoms with van der Waals surface area (Å²) in [6, 6.07) is 4.96. The predicted molar refractivity (Wildman–Crippen MR) is 111 cm³/mol. The second-order valence-electron chi connectivity index (χ2n) is 8.18. The van der Waals surface area contributed by atoms with E-state index >= 15 is 0 Å². The van der Waals surface area contributed by atoms with Crippen LogP contribution in [-0.4, -0.2) is 53.8 Å². The van der Waals surface area contributed by atoms with Crippen molar-refractivity contribution < 1.29 is 33.4 Å². The monoisotopic (exact) mass is 440 g/mol. The van der Waals surface area contributed by atoms with E-state index in [4.69, 9.17) is 9.47 Å². The fourth-order valence-electron chi connectivity index (χ4n) is 4.77. The summed E-state index contributed by atoms with van der Waals surface area (Å²) in [6.07, 6.45) is 4.76. The zero-order valence-corrected chi connectivity index (χ0v) is 17.8. The van der Waals surface area contributed by atoms with Gasteiger partial charge in [0.2, 0.25) is 11.8 Å². The highest BCUT2D eigenvalue weighted by Gasteiger charge is 2.60. The maximum absolute atomic E-state index is 12.8. The van der Waals surface area contributed by atoms with Crippen LogP contribution in [0.15, 0.2) is 36.4 Å². The molecule has 1 aromatic carbocycles. The lowest BCUT2D eigenvalue weighted by Crippen LogP contribution is -2.45. The number of allylic oxidation sites excluding steroid dienone is 2. The fourth-order valence-corrected chi connectivity index (χ4v) is 4.77. The van der Waals surface area contributed by atoms with Crippen LogP contribution in [0, 0.1) is 23.7 Å². The number of anilines is 1. The van der Waals surface area contributed by atoms with E-state index in [0.717, 1.165) is 11.3 Å². The van der Waals surface area contributed by atoms with Crippen LogP contribution < -0.4 is 5.32 Å². The molecular weight excluding hydrogens is 416 g/mol. The summed E-state index contributed by atoms with van der Waals surface area (Å²) in [5.41, 5.74) is 0.756. The van der Waals surface area contributed by atoms with Gasteiger partial charge in [0.05, 0.1) is 24.0 Å². The topological polar surface area (TPSA) is 119 Å². The first kappa shape index (κ1) is 21.7. The van der Waals surface area contributed by atoms with Gasteiger partial charge in [-0.3, -0.25) is 19.3 Å². The first-order chi connectivity index (χ1) is 15.3. The summed E-state index contributed by atoms with van der Waals surface area (Å²) < 4.78 is 9.94. The van der Waals surface area contributed by atoms with Gasteiger partial charge < -0.3 is 14.8 Å². The van der Waals surface area contributed by atoms with Gasteiger partial charge in [0, 0.05) is 5.69 Å². The number of carbonyl (C=O) groups excluding carboxylic acids is 5. The molecule has 4 rings (SSSR count). The molecule has 3 aliphatic rings. The number of nitrogens with one attached hydrogen (secondary N) is 1.